The van der Waals surface area contributed by atoms with E-state index in [0.717, 1.165) is 0 Å². The number of carbonyl (C=O) groups is 1. The highest BCUT2D eigenvalue weighted by Crippen LogP contribution is 2.15. The van der Waals surface area contributed by atoms with Crippen molar-refractivity contribution in [3.8, 4) is 0 Å². The summed E-state index contributed by atoms with van der Waals surface area (Å²) in [7, 11) is -3.20. The van der Waals surface area contributed by atoms with Crippen molar-refractivity contribution in [2.24, 2.45) is 11.7 Å². The number of hydrogen-bond donors (Lipinski definition) is 2. The fourth-order valence-corrected chi connectivity index (χ4v) is 2.17. The van der Waals surface area contributed by atoms with E-state index in [1.54, 1.807) is 26.0 Å². The van der Waals surface area contributed by atoms with Crippen molar-refractivity contribution < 1.29 is 13.2 Å². The molecular weight excluding hydrogens is 252 g/mol. The van der Waals surface area contributed by atoms with Gasteiger partial charge < -0.3 is 11.1 Å². The topological polar surface area (TPSA) is 89.3 Å². The average Bonchev–Trinajstić information content (AvgIpc) is 2.38. The lowest BCUT2D eigenvalue weighted by molar-refractivity contribution is -0.119. The Balaban J connectivity index is 2.82. The second-order valence-electron chi connectivity index (χ2n) is 4.05. The summed E-state index contributed by atoms with van der Waals surface area (Å²) >= 11 is 0. The summed E-state index contributed by atoms with van der Waals surface area (Å²) in [5.41, 5.74) is 5.95. The SMILES string of the molecule is CCS(=O)(=O)c1ccc(NC(=O)C(C)CN)cc1. The van der Waals surface area contributed by atoms with Gasteiger partial charge in [0.15, 0.2) is 9.84 Å². The number of amides is 1. The first-order valence-corrected chi connectivity index (χ1v) is 7.39. The summed E-state index contributed by atoms with van der Waals surface area (Å²) in [6, 6.07) is 6.12. The van der Waals surface area contributed by atoms with E-state index >= 15 is 0 Å². The highest BCUT2D eigenvalue weighted by Gasteiger charge is 2.13. The third-order valence-corrected chi connectivity index (χ3v) is 4.41. The molecule has 3 N–H and O–H groups in total. The molecule has 1 aromatic rings. The molecule has 0 spiro atoms. The molecule has 1 atom stereocenters. The number of benzene rings is 1. The number of nitrogens with two attached hydrogens (primary N) is 1. The molecule has 1 amide bonds. The van der Waals surface area contributed by atoms with Crippen molar-refractivity contribution in [3.63, 3.8) is 0 Å². The zero-order valence-corrected chi connectivity index (χ0v) is 11.3. The molecule has 0 aromatic heterocycles. The Morgan fingerprint density at radius 1 is 1.33 bits per heavy atom. The van der Waals surface area contributed by atoms with Crippen molar-refractivity contribution in [1.82, 2.24) is 0 Å². The third-order valence-electron chi connectivity index (χ3n) is 2.66. The molecule has 0 aliphatic carbocycles. The van der Waals surface area contributed by atoms with Gasteiger partial charge in [0.05, 0.1) is 10.6 Å². The van der Waals surface area contributed by atoms with Crippen molar-refractivity contribution in [2.45, 2.75) is 18.7 Å². The van der Waals surface area contributed by atoms with E-state index in [9.17, 15) is 13.2 Å². The Morgan fingerprint density at radius 2 is 1.89 bits per heavy atom. The number of hydrogen-bond acceptors (Lipinski definition) is 4. The van der Waals surface area contributed by atoms with Crippen molar-refractivity contribution in [3.05, 3.63) is 24.3 Å². The molecule has 5 nitrogen and oxygen atoms in total. The predicted molar refractivity (Wildman–Crippen MR) is 71.0 cm³/mol. The van der Waals surface area contributed by atoms with Gasteiger partial charge in [-0.05, 0) is 24.3 Å². The zero-order chi connectivity index (χ0) is 13.8. The van der Waals surface area contributed by atoms with Gasteiger partial charge in [-0.3, -0.25) is 4.79 Å². The Bertz CT molecular complexity index is 509. The molecule has 1 aromatic carbocycles. The van der Waals surface area contributed by atoms with Gasteiger partial charge in [0, 0.05) is 18.2 Å². The van der Waals surface area contributed by atoms with Crippen molar-refractivity contribution >= 4 is 21.4 Å². The molecule has 0 saturated carbocycles. The van der Waals surface area contributed by atoms with Crippen LogP contribution in [0.15, 0.2) is 29.2 Å². The first-order valence-electron chi connectivity index (χ1n) is 5.74. The lowest BCUT2D eigenvalue weighted by Gasteiger charge is -2.10. The van der Waals surface area contributed by atoms with E-state index in [-0.39, 0.29) is 29.0 Å². The average molecular weight is 270 g/mol. The Morgan fingerprint density at radius 3 is 2.33 bits per heavy atom. The van der Waals surface area contributed by atoms with E-state index < -0.39 is 9.84 Å². The molecule has 0 aliphatic rings. The van der Waals surface area contributed by atoms with E-state index in [0.29, 0.717) is 5.69 Å². The molecule has 18 heavy (non-hydrogen) atoms. The number of sulfone groups is 1. The first kappa shape index (κ1) is 14.7. The Hall–Kier alpha value is -1.40. The van der Waals surface area contributed by atoms with Crippen LogP contribution in [0.3, 0.4) is 0 Å². The standard InChI is InChI=1S/C12H18N2O3S/c1-3-18(16,17)11-6-4-10(5-7-11)14-12(15)9(2)8-13/h4-7,9H,3,8,13H2,1-2H3,(H,14,15). The molecule has 0 aliphatic heterocycles. The van der Waals surface area contributed by atoms with Crippen LogP contribution in [0, 0.1) is 5.92 Å². The number of nitrogens with one attached hydrogen (secondary N) is 1. The minimum atomic E-state index is -3.20. The van der Waals surface area contributed by atoms with Crippen LogP contribution in [0.4, 0.5) is 5.69 Å². The molecule has 100 valence electrons. The van der Waals surface area contributed by atoms with E-state index in [2.05, 4.69) is 5.32 Å². The van der Waals surface area contributed by atoms with Gasteiger partial charge in [0.1, 0.15) is 0 Å². The van der Waals surface area contributed by atoms with E-state index in [1.165, 1.54) is 12.1 Å². The van der Waals surface area contributed by atoms with Gasteiger partial charge in [0.2, 0.25) is 5.91 Å². The maximum Gasteiger partial charge on any atom is 0.228 e. The van der Waals surface area contributed by atoms with Crippen molar-refractivity contribution in [1.29, 1.82) is 0 Å². The van der Waals surface area contributed by atoms with Crippen LogP contribution >= 0.6 is 0 Å². The number of carbonyl (C=O) groups excluding carboxylic acids is 1. The summed E-state index contributed by atoms with van der Waals surface area (Å²) in [5.74, 6) is -0.393. The summed E-state index contributed by atoms with van der Waals surface area (Å²) in [6.45, 7) is 3.59. The molecule has 6 heteroatoms. The van der Waals surface area contributed by atoms with Gasteiger partial charge >= 0.3 is 0 Å². The van der Waals surface area contributed by atoms with Crippen LogP contribution in [0.1, 0.15) is 13.8 Å². The molecule has 0 heterocycles. The number of rotatable bonds is 5. The van der Waals surface area contributed by atoms with Gasteiger partial charge in [-0.1, -0.05) is 13.8 Å². The van der Waals surface area contributed by atoms with E-state index in [4.69, 9.17) is 5.73 Å². The van der Waals surface area contributed by atoms with Gasteiger partial charge in [-0.2, -0.15) is 0 Å². The van der Waals surface area contributed by atoms with Gasteiger partial charge in [-0.25, -0.2) is 8.42 Å². The van der Waals surface area contributed by atoms with Crippen LogP contribution < -0.4 is 11.1 Å². The fraction of sp³-hybridized carbons (Fsp3) is 0.417. The largest absolute Gasteiger partial charge is 0.330 e. The summed E-state index contributed by atoms with van der Waals surface area (Å²) in [5, 5.41) is 2.68. The van der Waals surface area contributed by atoms with Crippen LogP contribution in [0.25, 0.3) is 0 Å². The summed E-state index contributed by atoms with van der Waals surface area (Å²) in [4.78, 5) is 11.8. The fourth-order valence-electron chi connectivity index (χ4n) is 1.28. The van der Waals surface area contributed by atoms with Crippen LogP contribution in [0.5, 0.6) is 0 Å². The molecule has 1 rings (SSSR count). The Kier molecular flexibility index (Phi) is 4.86. The Labute approximate surface area is 107 Å². The second-order valence-corrected chi connectivity index (χ2v) is 6.33. The second kappa shape index (κ2) is 5.97. The van der Waals surface area contributed by atoms with Crippen LogP contribution in [-0.2, 0) is 14.6 Å². The van der Waals surface area contributed by atoms with Gasteiger partial charge in [-0.15, -0.1) is 0 Å². The molecule has 0 bridgehead atoms. The van der Waals surface area contributed by atoms with Gasteiger partial charge in [0.25, 0.3) is 0 Å². The lowest BCUT2D eigenvalue weighted by atomic mass is 10.1. The molecule has 0 fully saturated rings. The quantitative estimate of drug-likeness (QED) is 0.835. The minimum Gasteiger partial charge on any atom is -0.330 e. The minimum absolute atomic E-state index is 0.0584. The maximum absolute atomic E-state index is 11.6. The normalized spacial score (nSPS) is 13.1. The third kappa shape index (κ3) is 3.54. The van der Waals surface area contributed by atoms with Crippen molar-refractivity contribution in [2.75, 3.05) is 17.6 Å². The van der Waals surface area contributed by atoms with Crippen LogP contribution in [0.2, 0.25) is 0 Å². The summed E-state index contributed by atoms with van der Waals surface area (Å²) < 4.78 is 23.2. The predicted octanol–water partition coefficient (Wildman–Crippen LogP) is 1.01. The molecular formula is C12H18N2O3S. The monoisotopic (exact) mass is 270 g/mol. The molecule has 0 saturated heterocycles. The number of anilines is 1. The van der Waals surface area contributed by atoms with Crippen LogP contribution in [-0.4, -0.2) is 26.6 Å². The highest BCUT2D eigenvalue weighted by atomic mass is 32.2. The summed E-state index contributed by atoms with van der Waals surface area (Å²) in [6.07, 6.45) is 0. The molecule has 0 radical (unpaired) electrons. The van der Waals surface area contributed by atoms with E-state index in [1.807, 2.05) is 0 Å². The smallest absolute Gasteiger partial charge is 0.228 e. The first-order chi connectivity index (χ1) is 8.40. The zero-order valence-electron chi connectivity index (χ0n) is 10.5. The maximum atomic E-state index is 11.6. The highest BCUT2D eigenvalue weighted by molar-refractivity contribution is 7.91. The lowest BCUT2D eigenvalue weighted by Crippen LogP contribution is -2.26. The molecule has 1 unspecified atom stereocenters.